The number of carboxylic acid groups (broad SMARTS) is 1. The van der Waals surface area contributed by atoms with Crippen LogP contribution in [-0.2, 0) is 14.4 Å². The molecule has 7 heteroatoms. The van der Waals surface area contributed by atoms with E-state index in [0.717, 1.165) is 4.90 Å². The van der Waals surface area contributed by atoms with Gasteiger partial charge in [-0.3, -0.25) is 19.6 Å². The summed E-state index contributed by atoms with van der Waals surface area (Å²) in [5, 5.41) is 16.4. The molecular formula is C6H12N2O5. The fourth-order valence-electron chi connectivity index (χ4n) is 0.713. The quantitative estimate of drug-likeness (QED) is 0.362. The summed E-state index contributed by atoms with van der Waals surface area (Å²) in [7, 11) is 0. The van der Waals surface area contributed by atoms with Gasteiger partial charge in [0.2, 0.25) is 5.91 Å². The maximum Gasteiger partial charge on any atom is 0.323 e. The normalized spacial score (nSPS) is 9.69. The van der Waals surface area contributed by atoms with Crippen LogP contribution in [0.25, 0.3) is 0 Å². The molecule has 0 aromatic rings. The maximum absolute atomic E-state index is 10.8. The summed E-state index contributed by atoms with van der Waals surface area (Å²) in [6.45, 7) is 1.01. The fourth-order valence-corrected chi connectivity index (χ4v) is 0.713. The highest BCUT2D eigenvalue weighted by Crippen LogP contribution is 1.89. The Morgan fingerprint density at radius 3 is 2.54 bits per heavy atom. The van der Waals surface area contributed by atoms with Crippen LogP contribution in [0.4, 0.5) is 0 Å². The number of aliphatic carboxylic acids is 1. The van der Waals surface area contributed by atoms with Crippen LogP contribution in [0.15, 0.2) is 0 Å². The van der Waals surface area contributed by atoms with Gasteiger partial charge in [-0.05, 0) is 0 Å². The summed E-state index contributed by atoms with van der Waals surface area (Å²) in [5.74, 6) is -1.45. The summed E-state index contributed by atoms with van der Waals surface area (Å²) >= 11 is 0. The lowest BCUT2D eigenvalue weighted by Gasteiger charge is -2.17. The molecule has 0 aliphatic heterocycles. The molecule has 0 radical (unpaired) electrons. The second-order valence-electron chi connectivity index (χ2n) is 2.27. The molecule has 0 saturated carbocycles. The molecule has 3 N–H and O–H groups in total. The summed E-state index contributed by atoms with van der Waals surface area (Å²) in [6.07, 6.45) is 0. The van der Waals surface area contributed by atoms with Gasteiger partial charge in [0, 0.05) is 13.5 Å². The van der Waals surface area contributed by atoms with Gasteiger partial charge in [0.25, 0.3) is 0 Å². The van der Waals surface area contributed by atoms with Gasteiger partial charge >= 0.3 is 5.97 Å². The molecule has 7 nitrogen and oxygen atoms in total. The number of carbonyl (C=O) groups excluding carboxylic acids is 1. The number of rotatable bonds is 6. The van der Waals surface area contributed by atoms with E-state index in [0.29, 0.717) is 0 Å². The van der Waals surface area contributed by atoms with Crippen molar-refractivity contribution in [2.75, 3.05) is 19.7 Å². The Labute approximate surface area is 74.8 Å². The smallest absolute Gasteiger partial charge is 0.323 e. The highest BCUT2D eigenvalue weighted by atomic mass is 16.8. The summed E-state index contributed by atoms with van der Waals surface area (Å²) < 4.78 is 0. The van der Waals surface area contributed by atoms with E-state index in [1.165, 1.54) is 12.6 Å². The molecule has 0 aliphatic rings. The molecule has 13 heavy (non-hydrogen) atoms. The largest absolute Gasteiger partial charge is 0.480 e. The molecule has 0 bridgehead atoms. The summed E-state index contributed by atoms with van der Waals surface area (Å²) in [6, 6.07) is 0. The average molecular weight is 192 g/mol. The van der Waals surface area contributed by atoms with Crippen LogP contribution in [0, 0.1) is 0 Å². The summed E-state index contributed by atoms with van der Waals surface area (Å²) in [5.41, 5.74) is 1.43. The monoisotopic (exact) mass is 192 g/mol. The van der Waals surface area contributed by atoms with Crippen molar-refractivity contribution in [1.82, 2.24) is 10.5 Å². The van der Waals surface area contributed by atoms with Crippen LogP contribution < -0.4 is 5.64 Å². The van der Waals surface area contributed by atoms with Gasteiger partial charge in [0.15, 0.2) is 0 Å². The Hall–Kier alpha value is -1.18. The first-order valence-corrected chi connectivity index (χ1v) is 3.56. The van der Waals surface area contributed by atoms with Crippen molar-refractivity contribution in [3.05, 3.63) is 0 Å². The van der Waals surface area contributed by atoms with E-state index in [1.54, 1.807) is 0 Å². The lowest BCUT2D eigenvalue weighted by molar-refractivity contribution is -0.149. The molecule has 0 unspecified atom stereocenters. The highest BCUT2D eigenvalue weighted by Gasteiger charge is 2.11. The predicted octanol–water partition coefficient (Wildman–Crippen LogP) is -1.17. The molecule has 1 amide bonds. The predicted molar refractivity (Wildman–Crippen MR) is 40.8 cm³/mol. The fraction of sp³-hybridized carbons (Fsp3) is 0.667. The first kappa shape index (κ1) is 11.8. The number of carbonyl (C=O) groups is 2. The molecular weight excluding hydrogens is 180 g/mol. The first-order chi connectivity index (χ1) is 6.07. The first-order valence-electron chi connectivity index (χ1n) is 3.56. The lowest BCUT2D eigenvalue weighted by atomic mass is 10.4. The van der Waals surface area contributed by atoms with Gasteiger partial charge in [-0.1, -0.05) is 5.64 Å². The number of nitrogens with one attached hydrogen (secondary N) is 1. The van der Waals surface area contributed by atoms with Gasteiger partial charge in [0.1, 0.15) is 6.54 Å². The highest BCUT2D eigenvalue weighted by molar-refractivity contribution is 5.79. The van der Waals surface area contributed by atoms with E-state index in [1.807, 2.05) is 0 Å². The zero-order chi connectivity index (χ0) is 10.3. The van der Waals surface area contributed by atoms with Crippen LogP contribution in [0.2, 0.25) is 0 Å². The Balaban J connectivity index is 3.81. The van der Waals surface area contributed by atoms with Gasteiger partial charge < -0.3 is 10.0 Å². The third kappa shape index (κ3) is 6.02. The van der Waals surface area contributed by atoms with E-state index >= 15 is 0 Å². The van der Waals surface area contributed by atoms with Gasteiger partial charge in [-0.25, -0.2) is 0 Å². The number of amides is 1. The van der Waals surface area contributed by atoms with Crippen molar-refractivity contribution in [2.45, 2.75) is 6.92 Å². The third-order valence-electron chi connectivity index (χ3n) is 1.30. The molecule has 0 aromatic carbocycles. The van der Waals surface area contributed by atoms with Gasteiger partial charge in [0.05, 0.1) is 6.61 Å². The Bertz CT molecular complexity index is 184. The number of hydrogen-bond acceptors (Lipinski definition) is 5. The molecule has 76 valence electrons. The van der Waals surface area contributed by atoms with E-state index in [-0.39, 0.29) is 25.6 Å². The van der Waals surface area contributed by atoms with Crippen LogP contribution >= 0.6 is 0 Å². The Morgan fingerprint density at radius 1 is 1.54 bits per heavy atom. The minimum atomic E-state index is -1.09. The van der Waals surface area contributed by atoms with Crippen LogP contribution in [0.1, 0.15) is 6.92 Å². The molecule has 0 spiro atoms. The standard InChI is InChI=1S/C6H12N2O5/c1-5(9)8(4-6(10)11)2-3-13-7-12/h7,12H,2-4H2,1H3,(H,10,11). The molecule has 0 fully saturated rings. The van der Waals surface area contributed by atoms with Gasteiger partial charge in [-0.15, -0.1) is 0 Å². The van der Waals surface area contributed by atoms with Crippen molar-refractivity contribution < 1.29 is 24.7 Å². The zero-order valence-electron chi connectivity index (χ0n) is 7.19. The number of hydrogen-bond donors (Lipinski definition) is 3. The van der Waals surface area contributed by atoms with E-state index in [2.05, 4.69) is 4.84 Å². The second-order valence-corrected chi connectivity index (χ2v) is 2.27. The van der Waals surface area contributed by atoms with E-state index in [4.69, 9.17) is 10.3 Å². The molecule has 0 heterocycles. The minimum absolute atomic E-state index is 0.0172. The lowest BCUT2D eigenvalue weighted by Crippen LogP contribution is -2.37. The molecule has 0 saturated heterocycles. The van der Waals surface area contributed by atoms with E-state index in [9.17, 15) is 9.59 Å². The van der Waals surface area contributed by atoms with Crippen molar-refractivity contribution >= 4 is 11.9 Å². The van der Waals surface area contributed by atoms with Crippen LogP contribution in [0.3, 0.4) is 0 Å². The molecule has 0 atom stereocenters. The minimum Gasteiger partial charge on any atom is -0.480 e. The maximum atomic E-state index is 10.8. The van der Waals surface area contributed by atoms with Crippen molar-refractivity contribution in [1.29, 1.82) is 0 Å². The van der Waals surface area contributed by atoms with Gasteiger partial charge in [-0.2, -0.15) is 0 Å². The number of nitrogens with zero attached hydrogens (tertiary/aromatic N) is 1. The SMILES string of the molecule is CC(=O)N(CCONO)CC(=O)O. The topological polar surface area (TPSA) is 99.1 Å². The molecule has 0 rings (SSSR count). The van der Waals surface area contributed by atoms with Crippen LogP contribution in [-0.4, -0.2) is 46.8 Å². The summed E-state index contributed by atoms with van der Waals surface area (Å²) in [4.78, 5) is 26.4. The second kappa shape index (κ2) is 6.35. The zero-order valence-corrected chi connectivity index (χ0v) is 7.19. The number of carboxylic acids is 1. The Morgan fingerprint density at radius 2 is 2.15 bits per heavy atom. The third-order valence-corrected chi connectivity index (χ3v) is 1.30. The molecule has 0 aliphatic carbocycles. The molecule has 0 aromatic heterocycles. The Kier molecular flexibility index (Phi) is 5.77. The van der Waals surface area contributed by atoms with Crippen molar-refractivity contribution in [3.63, 3.8) is 0 Å². The average Bonchev–Trinajstić information content (AvgIpc) is 2.02. The van der Waals surface area contributed by atoms with Crippen molar-refractivity contribution in [2.24, 2.45) is 0 Å². The van der Waals surface area contributed by atoms with Crippen LogP contribution in [0.5, 0.6) is 0 Å². The van der Waals surface area contributed by atoms with Crippen molar-refractivity contribution in [3.8, 4) is 0 Å². The van der Waals surface area contributed by atoms with E-state index < -0.39 is 5.97 Å².